The van der Waals surface area contributed by atoms with E-state index in [1.807, 2.05) is 0 Å². The fourth-order valence-corrected chi connectivity index (χ4v) is 2.40. The first-order chi connectivity index (χ1) is 6.96. The van der Waals surface area contributed by atoms with Crippen LogP contribution < -0.4 is 0 Å². The number of carboxylic acids is 1. The fraction of sp³-hybridized carbons (Fsp3) is 0.667. The van der Waals surface area contributed by atoms with E-state index in [1.54, 1.807) is 20.8 Å². The maximum Gasteiger partial charge on any atom is 0.356 e. The maximum atomic E-state index is 12.0. The summed E-state index contributed by atoms with van der Waals surface area (Å²) in [6, 6.07) is 0. The molecule has 0 aromatic rings. The Kier molecular flexibility index (Phi) is 6.48. The summed E-state index contributed by atoms with van der Waals surface area (Å²) in [6.07, 6.45) is 1.17. The minimum atomic E-state index is -3.27. The van der Waals surface area contributed by atoms with Crippen LogP contribution in [-0.2, 0) is 18.4 Å². The summed E-state index contributed by atoms with van der Waals surface area (Å²) in [5, 5.41) is 8.81. The normalized spacial score (nSPS) is 12.9. The van der Waals surface area contributed by atoms with E-state index >= 15 is 0 Å². The predicted octanol–water partition coefficient (Wildman–Crippen LogP) is 2.63. The number of hydrogen-bond donors (Lipinski definition) is 1. The molecule has 6 heteroatoms. The third-order valence-corrected chi connectivity index (χ3v) is 3.84. The largest absolute Gasteiger partial charge is 0.481 e. The Hall–Kier alpha value is -0.640. The lowest BCUT2D eigenvalue weighted by atomic mass is 10.4. The van der Waals surface area contributed by atoms with Gasteiger partial charge in [0.05, 0.1) is 19.6 Å². The van der Waals surface area contributed by atoms with E-state index in [2.05, 4.69) is 0 Å². The molecule has 0 bridgehead atoms. The number of carbonyl (C=O) groups is 1. The smallest absolute Gasteiger partial charge is 0.356 e. The Morgan fingerprint density at radius 2 is 1.80 bits per heavy atom. The molecule has 0 amide bonds. The molecule has 0 aromatic heterocycles. The third kappa shape index (κ3) is 5.11. The van der Waals surface area contributed by atoms with E-state index in [4.69, 9.17) is 14.2 Å². The van der Waals surface area contributed by atoms with E-state index in [9.17, 15) is 9.36 Å². The molecule has 0 heterocycles. The van der Waals surface area contributed by atoms with Gasteiger partial charge >= 0.3 is 13.6 Å². The maximum absolute atomic E-state index is 12.0. The Bertz CT molecular complexity index is 274. The third-order valence-electron chi connectivity index (χ3n) is 1.60. The van der Waals surface area contributed by atoms with Crippen molar-refractivity contribution >= 4 is 13.6 Å². The van der Waals surface area contributed by atoms with E-state index in [0.717, 1.165) is 0 Å². The molecule has 0 radical (unpaired) electrons. The highest BCUT2D eigenvalue weighted by Gasteiger charge is 2.25. The van der Waals surface area contributed by atoms with Crippen LogP contribution in [0.2, 0.25) is 0 Å². The number of aliphatic carboxylic acids is 1. The van der Waals surface area contributed by atoms with Crippen LogP contribution in [0.25, 0.3) is 0 Å². The van der Waals surface area contributed by atoms with Gasteiger partial charge in [0.2, 0.25) is 0 Å². The summed E-state index contributed by atoms with van der Waals surface area (Å²) in [5.41, 5.74) is 0. The summed E-state index contributed by atoms with van der Waals surface area (Å²) in [6.45, 7) is 5.48. The molecule has 0 atom stereocenters. The van der Waals surface area contributed by atoms with Gasteiger partial charge in [-0.3, -0.25) is 9.36 Å². The molecule has 0 aliphatic heterocycles. The molecule has 0 unspecified atom stereocenters. The molecule has 0 aromatic carbocycles. The summed E-state index contributed by atoms with van der Waals surface area (Å²) in [5.74, 6) is -0.978. The van der Waals surface area contributed by atoms with Crippen molar-refractivity contribution in [2.75, 3.05) is 13.2 Å². The van der Waals surface area contributed by atoms with E-state index in [-0.39, 0.29) is 19.6 Å². The minimum Gasteiger partial charge on any atom is -0.481 e. The Morgan fingerprint density at radius 3 is 2.13 bits per heavy atom. The summed E-state index contributed by atoms with van der Waals surface area (Å²) < 4.78 is 22.1. The van der Waals surface area contributed by atoms with Crippen LogP contribution in [0.15, 0.2) is 11.4 Å². The molecule has 88 valence electrons. The second kappa shape index (κ2) is 6.77. The van der Waals surface area contributed by atoms with Crippen LogP contribution in [0.1, 0.15) is 27.2 Å². The van der Waals surface area contributed by atoms with Crippen molar-refractivity contribution in [1.29, 1.82) is 0 Å². The highest BCUT2D eigenvalue weighted by atomic mass is 31.2. The van der Waals surface area contributed by atoms with Crippen LogP contribution in [-0.4, -0.2) is 24.3 Å². The first kappa shape index (κ1) is 14.4. The van der Waals surface area contributed by atoms with Crippen LogP contribution >= 0.6 is 7.60 Å². The van der Waals surface area contributed by atoms with Gasteiger partial charge in [0.25, 0.3) is 0 Å². The van der Waals surface area contributed by atoms with Gasteiger partial charge in [-0.1, -0.05) is 6.08 Å². The van der Waals surface area contributed by atoms with Gasteiger partial charge in [-0.2, -0.15) is 0 Å². The molecule has 15 heavy (non-hydrogen) atoms. The van der Waals surface area contributed by atoms with Gasteiger partial charge in [0.1, 0.15) is 0 Å². The molecule has 0 saturated heterocycles. The van der Waals surface area contributed by atoms with E-state index in [1.165, 1.54) is 6.08 Å². The van der Waals surface area contributed by atoms with Gasteiger partial charge < -0.3 is 14.2 Å². The zero-order valence-corrected chi connectivity index (χ0v) is 10.1. The van der Waals surface area contributed by atoms with Gasteiger partial charge in [-0.25, -0.2) is 0 Å². The lowest BCUT2D eigenvalue weighted by molar-refractivity contribution is -0.136. The average molecular weight is 236 g/mol. The van der Waals surface area contributed by atoms with Crippen LogP contribution in [0.4, 0.5) is 0 Å². The van der Waals surface area contributed by atoms with Crippen molar-refractivity contribution in [2.45, 2.75) is 27.2 Å². The fourth-order valence-electron chi connectivity index (χ4n) is 0.928. The summed E-state index contributed by atoms with van der Waals surface area (Å²) in [4.78, 5) is 10.3. The summed E-state index contributed by atoms with van der Waals surface area (Å²) >= 11 is 0. The Balaban J connectivity index is 4.68. The molecular weight excluding hydrogens is 219 g/mol. The van der Waals surface area contributed by atoms with Crippen molar-refractivity contribution in [2.24, 2.45) is 0 Å². The molecule has 0 aliphatic carbocycles. The molecule has 1 N–H and O–H groups in total. The molecule has 0 saturated carbocycles. The van der Waals surface area contributed by atoms with E-state index in [0.29, 0.717) is 5.31 Å². The number of carboxylic acid groups (broad SMARTS) is 1. The second-order valence-electron chi connectivity index (χ2n) is 2.78. The first-order valence-electron chi connectivity index (χ1n) is 4.74. The lowest BCUT2D eigenvalue weighted by Crippen LogP contribution is -1.98. The van der Waals surface area contributed by atoms with E-state index < -0.39 is 13.6 Å². The van der Waals surface area contributed by atoms with Crippen molar-refractivity contribution in [3.8, 4) is 0 Å². The van der Waals surface area contributed by atoms with Crippen molar-refractivity contribution in [1.82, 2.24) is 0 Å². The zero-order chi connectivity index (χ0) is 11.9. The average Bonchev–Trinajstić information content (AvgIpc) is 2.14. The van der Waals surface area contributed by atoms with Gasteiger partial charge in [-0.15, -0.1) is 0 Å². The Morgan fingerprint density at radius 1 is 1.33 bits per heavy atom. The molecule has 5 nitrogen and oxygen atoms in total. The minimum absolute atomic E-state index is 0.185. The van der Waals surface area contributed by atoms with Gasteiger partial charge in [0.15, 0.2) is 0 Å². The Labute approximate surface area is 89.6 Å². The number of rotatable bonds is 7. The number of allylic oxidation sites excluding steroid dienone is 1. The predicted molar refractivity (Wildman–Crippen MR) is 56.9 cm³/mol. The van der Waals surface area contributed by atoms with Gasteiger partial charge in [-0.05, 0) is 20.8 Å². The van der Waals surface area contributed by atoms with Crippen LogP contribution in [0, 0.1) is 0 Å². The summed E-state index contributed by atoms with van der Waals surface area (Å²) in [7, 11) is -3.27. The molecule has 0 fully saturated rings. The molecule has 0 aliphatic rings. The quantitative estimate of drug-likeness (QED) is 0.688. The van der Waals surface area contributed by atoms with Crippen molar-refractivity contribution < 1.29 is 23.5 Å². The van der Waals surface area contributed by atoms with Gasteiger partial charge in [0, 0.05) is 5.31 Å². The highest BCUT2D eigenvalue weighted by Crippen LogP contribution is 2.55. The molecular formula is C9H17O5P. The number of hydrogen-bond acceptors (Lipinski definition) is 4. The second-order valence-corrected chi connectivity index (χ2v) is 4.99. The lowest BCUT2D eigenvalue weighted by Gasteiger charge is -2.17. The molecule has 0 rings (SSSR count). The SMILES string of the molecule is CCOP(=O)(OCC)/C(C)=C\CC(=O)O. The monoisotopic (exact) mass is 236 g/mol. The van der Waals surface area contributed by atoms with Crippen molar-refractivity contribution in [3.63, 3.8) is 0 Å². The standard InChI is InChI=1S/C9H17O5P/c1-4-13-15(12,14-5-2)8(3)6-7-9(10)11/h6H,4-5,7H2,1-3H3,(H,10,11)/b8-6-. The van der Waals surface area contributed by atoms with Crippen LogP contribution in [0.3, 0.4) is 0 Å². The van der Waals surface area contributed by atoms with Crippen LogP contribution in [0.5, 0.6) is 0 Å². The topological polar surface area (TPSA) is 72.8 Å². The van der Waals surface area contributed by atoms with Crippen molar-refractivity contribution in [3.05, 3.63) is 11.4 Å². The molecule has 0 spiro atoms. The highest BCUT2D eigenvalue weighted by molar-refractivity contribution is 7.58. The first-order valence-corrected chi connectivity index (χ1v) is 6.28. The zero-order valence-electron chi connectivity index (χ0n) is 9.23.